The van der Waals surface area contributed by atoms with Gasteiger partial charge in [0, 0.05) is 52.3 Å². The SMILES string of the molecule is C=CCNC(=NCCc1ccco1)NC1CCN(CCOC)CC1.I. The van der Waals surface area contributed by atoms with Gasteiger partial charge >= 0.3 is 0 Å². The summed E-state index contributed by atoms with van der Waals surface area (Å²) in [5.74, 6) is 1.82. The average molecular weight is 462 g/mol. The molecular formula is C18H31IN4O2. The maximum atomic E-state index is 5.35. The number of likely N-dealkylation sites (tertiary alicyclic amines) is 1. The van der Waals surface area contributed by atoms with Gasteiger partial charge in [0.15, 0.2) is 5.96 Å². The lowest BCUT2D eigenvalue weighted by Crippen LogP contribution is -2.49. The van der Waals surface area contributed by atoms with Crippen LogP contribution in [-0.4, -0.2) is 63.3 Å². The van der Waals surface area contributed by atoms with Crippen LogP contribution in [0.15, 0.2) is 40.5 Å². The number of methoxy groups -OCH3 is 1. The second-order valence-electron chi connectivity index (χ2n) is 5.98. The Morgan fingerprint density at radius 3 is 2.92 bits per heavy atom. The lowest BCUT2D eigenvalue weighted by molar-refractivity contribution is 0.128. The van der Waals surface area contributed by atoms with Crippen LogP contribution in [0.4, 0.5) is 0 Å². The van der Waals surface area contributed by atoms with E-state index in [1.807, 2.05) is 18.2 Å². The number of nitrogens with zero attached hydrogens (tertiary/aromatic N) is 2. The topological polar surface area (TPSA) is 62.0 Å². The quantitative estimate of drug-likeness (QED) is 0.255. The summed E-state index contributed by atoms with van der Waals surface area (Å²) in [6.07, 6.45) is 6.60. The van der Waals surface area contributed by atoms with Gasteiger partial charge in [0.1, 0.15) is 5.76 Å². The molecule has 0 aliphatic carbocycles. The molecule has 1 fully saturated rings. The van der Waals surface area contributed by atoms with Gasteiger partial charge in [0.05, 0.1) is 12.9 Å². The summed E-state index contributed by atoms with van der Waals surface area (Å²) in [6.45, 7) is 9.19. The third kappa shape index (κ3) is 8.73. The number of hydrogen-bond acceptors (Lipinski definition) is 4. The molecule has 1 aliphatic rings. The molecule has 1 aromatic rings. The molecule has 0 spiro atoms. The molecular weight excluding hydrogens is 431 g/mol. The van der Waals surface area contributed by atoms with Crippen molar-refractivity contribution in [1.29, 1.82) is 0 Å². The first kappa shape index (κ1) is 22.0. The van der Waals surface area contributed by atoms with Crippen molar-refractivity contribution in [2.24, 2.45) is 4.99 Å². The van der Waals surface area contributed by atoms with Crippen LogP contribution in [0.3, 0.4) is 0 Å². The van der Waals surface area contributed by atoms with E-state index in [2.05, 4.69) is 27.1 Å². The van der Waals surface area contributed by atoms with Crippen molar-refractivity contribution in [2.45, 2.75) is 25.3 Å². The summed E-state index contributed by atoms with van der Waals surface area (Å²) in [7, 11) is 1.76. The van der Waals surface area contributed by atoms with E-state index in [1.54, 1.807) is 13.4 Å². The number of aliphatic imine (C=N–C) groups is 1. The van der Waals surface area contributed by atoms with E-state index in [0.717, 1.165) is 57.2 Å². The van der Waals surface area contributed by atoms with Crippen molar-refractivity contribution in [1.82, 2.24) is 15.5 Å². The van der Waals surface area contributed by atoms with E-state index in [-0.39, 0.29) is 24.0 Å². The Morgan fingerprint density at radius 2 is 2.28 bits per heavy atom. The molecule has 2 rings (SSSR count). The first-order valence-electron chi connectivity index (χ1n) is 8.71. The fourth-order valence-electron chi connectivity index (χ4n) is 2.77. The van der Waals surface area contributed by atoms with Gasteiger partial charge in [-0.05, 0) is 25.0 Å². The Hall–Kier alpha value is -1.06. The number of furan rings is 1. The predicted molar refractivity (Wildman–Crippen MR) is 113 cm³/mol. The van der Waals surface area contributed by atoms with Crippen LogP contribution in [0.5, 0.6) is 0 Å². The van der Waals surface area contributed by atoms with Gasteiger partial charge in [-0.25, -0.2) is 0 Å². The molecule has 0 amide bonds. The highest BCUT2D eigenvalue weighted by Crippen LogP contribution is 2.10. The first-order chi connectivity index (χ1) is 11.8. The molecule has 1 saturated heterocycles. The molecule has 0 aromatic carbocycles. The molecule has 142 valence electrons. The molecule has 0 radical (unpaired) electrons. The Balaban J connectivity index is 0.00000312. The Kier molecular flexibility index (Phi) is 11.6. The number of rotatable bonds is 9. The average Bonchev–Trinajstić information content (AvgIpc) is 3.12. The summed E-state index contributed by atoms with van der Waals surface area (Å²) in [4.78, 5) is 7.10. The van der Waals surface area contributed by atoms with Crippen LogP contribution in [0.2, 0.25) is 0 Å². The maximum Gasteiger partial charge on any atom is 0.191 e. The molecule has 0 saturated carbocycles. The number of ether oxygens (including phenoxy) is 1. The van der Waals surface area contributed by atoms with Gasteiger partial charge in [-0.15, -0.1) is 30.6 Å². The van der Waals surface area contributed by atoms with Crippen molar-refractivity contribution in [3.63, 3.8) is 0 Å². The summed E-state index contributed by atoms with van der Waals surface area (Å²) in [5.41, 5.74) is 0. The lowest BCUT2D eigenvalue weighted by Gasteiger charge is -2.32. The van der Waals surface area contributed by atoms with Crippen LogP contribution in [0.25, 0.3) is 0 Å². The highest BCUT2D eigenvalue weighted by atomic mass is 127. The van der Waals surface area contributed by atoms with Gasteiger partial charge in [-0.1, -0.05) is 6.08 Å². The Bertz CT molecular complexity index is 485. The molecule has 0 unspecified atom stereocenters. The zero-order valence-electron chi connectivity index (χ0n) is 15.1. The second-order valence-corrected chi connectivity index (χ2v) is 5.98. The fourth-order valence-corrected chi connectivity index (χ4v) is 2.77. The zero-order chi connectivity index (χ0) is 17.0. The molecule has 25 heavy (non-hydrogen) atoms. The zero-order valence-corrected chi connectivity index (χ0v) is 17.4. The fraction of sp³-hybridized carbons (Fsp3) is 0.611. The number of guanidine groups is 1. The molecule has 0 atom stereocenters. The smallest absolute Gasteiger partial charge is 0.191 e. The van der Waals surface area contributed by atoms with Gasteiger partial charge < -0.3 is 24.7 Å². The Morgan fingerprint density at radius 1 is 1.48 bits per heavy atom. The van der Waals surface area contributed by atoms with Crippen LogP contribution in [0, 0.1) is 0 Å². The van der Waals surface area contributed by atoms with Crippen LogP contribution >= 0.6 is 24.0 Å². The maximum absolute atomic E-state index is 5.35. The van der Waals surface area contributed by atoms with E-state index < -0.39 is 0 Å². The first-order valence-corrected chi connectivity index (χ1v) is 8.71. The van der Waals surface area contributed by atoms with Gasteiger partial charge in [0.2, 0.25) is 0 Å². The third-order valence-electron chi connectivity index (χ3n) is 4.16. The molecule has 1 aliphatic heterocycles. The Labute approximate surface area is 168 Å². The van der Waals surface area contributed by atoms with Gasteiger partial charge in [-0.3, -0.25) is 4.99 Å². The summed E-state index contributed by atoms with van der Waals surface area (Å²) >= 11 is 0. The number of hydrogen-bond donors (Lipinski definition) is 2. The number of nitrogens with one attached hydrogen (secondary N) is 2. The lowest BCUT2D eigenvalue weighted by atomic mass is 10.1. The molecule has 0 bridgehead atoms. The van der Waals surface area contributed by atoms with E-state index in [9.17, 15) is 0 Å². The van der Waals surface area contributed by atoms with Crippen molar-refractivity contribution >= 4 is 29.9 Å². The number of piperidine rings is 1. The van der Waals surface area contributed by atoms with Crippen molar-refractivity contribution in [3.8, 4) is 0 Å². The number of halogens is 1. The molecule has 2 heterocycles. The normalized spacial score (nSPS) is 16.3. The van der Waals surface area contributed by atoms with E-state index >= 15 is 0 Å². The minimum absolute atomic E-state index is 0. The third-order valence-corrected chi connectivity index (χ3v) is 4.16. The molecule has 6 nitrogen and oxygen atoms in total. The van der Waals surface area contributed by atoms with E-state index in [1.165, 1.54) is 0 Å². The highest BCUT2D eigenvalue weighted by molar-refractivity contribution is 14.0. The molecule has 7 heteroatoms. The standard InChI is InChI=1S/C18H30N4O2.HI/c1-3-9-19-18(20-10-6-17-5-4-14-24-17)21-16-7-11-22(12-8-16)13-15-23-2;/h3-5,14,16H,1,6-13,15H2,2H3,(H2,19,20,21);1H. The van der Waals surface area contributed by atoms with Gasteiger partial charge in [-0.2, -0.15) is 0 Å². The second kappa shape index (κ2) is 13.2. The van der Waals surface area contributed by atoms with Crippen molar-refractivity contribution in [2.75, 3.05) is 46.4 Å². The van der Waals surface area contributed by atoms with Gasteiger partial charge in [0.25, 0.3) is 0 Å². The highest BCUT2D eigenvalue weighted by Gasteiger charge is 2.19. The van der Waals surface area contributed by atoms with Crippen molar-refractivity contribution < 1.29 is 9.15 Å². The summed E-state index contributed by atoms with van der Waals surface area (Å²) in [6, 6.07) is 4.35. The summed E-state index contributed by atoms with van der Waals surface area (Å²) < 4.78 is 10.5. The molecule has 2 N–H and O–H groups in total. The predicted octanol–water partition coefficient (Wildman–Crippen LogP) is 2.27. The van der Waals surface area contributed by atoms with E-state index in [0.29, 0.717) is 19.1 Å². The van der Waals surface area contributed by atoms with E-state index in [4.69, 9.17) is 9.15 Å². The van der Waals surface area contributed by atoms with Crippen molar-refractivity contribution in [3.05, 3.63) is 36.8 Å². The monoisotopic (exact) mass is 462 g/mol. The van der Waals surface area contributed by atoms with Crippen LogP contribution < -0.4 is 10.6 Å². The van der Waals surface area contributed by atoms with Crippen LogP contribution in [0.1, 0.15) is 18.6 Å². The minimum atomic E-state index is 0. The largest absolute Gasteiger partial charge is 0.469 e. The molecule has 1 aromatic heterocycles. The minimum Gasteiger partial charge on any atom is -0.469 e. The van der Waals surface area contributed by atoms with Crippen LogP contribution in [-0.2, 0) is 11.2 Å². The summed E-state index contributed by atoms with van der Waals surface area (Å²) in [5, 5.41) is 6.85.